The van der Waals surface area contributed by atoms with E-state index >= 15 is 0 Å². The van der Waals surface area contributed by atoms with E-state index in [0.717, 1.165) is 6.54 Å². The Balaban J connectivity index is 2.04. The van der Waals surface area contributed by atoms with Crippen molar-refractivity contribution in [3.05, 3.63) is 0 Å². The summed E-state index contributed by atoms with van der Waals surface area (Å²) in [6.45, 7) is 3.11. The van der Waals surface area contributed by atoms with Crippen LogP contribution in [-0.4, -0.2) is 64.1 Å². The molecular weight excluding hydrogens is 218 g/mol. The third-order valence-corrected chi connectivity index (χ3v) is 3.10. The molecule has 0 radical (unpaired) electrons. The van der Waals surface area contributed by atoms with E-state index < -0.39 is 9.84 Å². The Kier molecular flexibility index (Phi) is 4.34. The van der Waals surface area contributed by atoms with Gasteiger partial charge in [0, 0.05) is 39.0 Å². The van der Waals surface area contributed by atoms with E-state index in [-0.39, 0.29) is 11.8 Å². The molecule has 2 N–H and O–H groups in total. The molecule has 1 heterocycles. The summed E-state index contributed by atoms with van der Waals surface area (Å²) < 4.78 is 21.6. The first kappa shape index (κ1) is 12.3. The van der Waals surface area contributed by atoms with Gasteiger partial charge >= 0.3 is 6.03 Å². The van der Waals surface area contributed by atoms with Crippen LogP contribution in [0.15, 0.2) is 0 Å². The van der Waals surface area contributed by atoms with Crippen molar-refractivity contribution in [3.63, 3.8) is 0 Å². The predicted octanol–water partition coefficient (Wildman–Crippen LogP) is -1.35. The molecule has 0 saturated carbocycles. The van der Waals surface area contributed by atoms with Crippen molar-refractivity contribution in [2.75, 3.05) is 44.7 Å². The normalized spacial score (nSPS) is 16.9. The van der Waals surface area contributed by atoms with Gasteiger partial charge < -0.3 is 15.5 Å². The van der Waals surface area contributed by atoms with Crippen LogP contribution < -0.4 is 10.6 Å². The summed E-state index contributed by atoms with van der Waals surface area (Å²) in [6.07, 6.45) is 1.21. The monoisotopic (exact) mass is 235 g/mol. The van der Waals surface area contributed by atoms with Crippen molar-refractivity contribution < 1.29 is 13.2 Å². The first-order chi connectivity index (χ1) is 6.99. The Hall–Kier alpha value is -0.820. The van der Waals surface area contributed by atoms with Gasteiger partial charge in [-0.25, -0.2) is 13.2 Å². The number of hydrogen-bond donors (Lipinski definition) is 2. The predicted molar refractivity (Wildman–Crippen MR) is 57.6 cm³/mol. The zero-order valence-corrected chi connectivity index (χ0v) is 9.64. The van der Waals surface area contributed by atoms with Crippen molar-refractivity contribution >= 4 is 15.9 Å². The number of carbonyl (C=O) groups is 1. The van der Waals surface area contributed by atoms with Gasteiger partial charge in [0.1, 0.15) is 9.84 Å². The lowest BCUT2D eigenvalue weighted by Crippen LogP contribution is -2.35. The minimum Gasteiger partial charge on any atom is -0.336 e. The van der Waals surface area contributed by atoms with Crippen LogP contribution in [0.2, 0.25) is 0 Å². The zero-order chi connectivity index (χ0) is 11.3. The number of carbonyl (C=O) groups excluding carboxylic acids is 1. The molecule has 1 aliphatic rings. The highest BCUT2D eigenvalue weighted by molar-refractivity contribution is 7.90. The fourth-order valence-electron chi connectivity index (χ4n) is 1.32. The van der Waals surface area contributed by atoms with E-state index in [0.29, 0.717) is 26.2 Å². The maximum Gasteiger partial charge on any atom is 0.317 e. The Labute approximate surface area is 89.9 Å². The lowest BCUT2D eigenvalue weighted by molar-refractivity contribution is 0.217. The highest BCUT2D eigenvalue weighted by atomic mass is 32.2. The second-order valence-corrected chi connectivity index (χ2v) is 5.86. The second-order valence-electron chi connectivity index (χ2n) is 3.60. The molecule has 0 unspecified atom stereocenters. The molecule has 0 atom stereocenters. The molecular formula is C8H17N3O3S. The van der Waals surface area contributed by atoms with Crippen LogP contribution in [0.1, 0.15) is 0 Å². The quantitative estimate of drug-likeness (QED) is 0.558. The fourth-order valence-corrected chi connectivity index (χ4v) is 1.84. The van der Waals surface area contributed by atoms with Crippen molar-refractivity contribution in [1.29, 1.82) is 0 Å². The van der Waals surface area contributed by atoms with Crippen LogP contribution in [0.4, 0.5) is 4.79 Å². The highest BCUT2D eigenvalue weighted by Crippen LogP contribution is 1.94. The summed E-state index contributed by atoms with van der Waals surface area (Å²) in [5.74, 6) is 0.138. The molecule has 2 amide bonds. The summed E-state index contributed by atoms with van der Waals surface area (Å²) in [7, 11) is -2.89. The van der Waals surface area contributed by atoms with E-state index in [9.17, 15) is 13.2 Å². The van der Waals surface area contributed by atoms with Crippen LogP contribution in [0.25, 0.3) is 0 Å². The van der Waals surface area contributed by atoms with E-state index in [1.807, 2.05) is 0 Å². The lowest BCUT2D eigenvalue weighted by Gasteiger charge is -2.13. The molecule has 15 heavy (non-hydrogen) atoms. The average molecular weight is 235 g/mol. The van der Waals surface area contributed by atoms with Crippen LogP contribution in [-0.2, 0) is 9.84 Å². The number of urea groups is 1. The lowest BCUT2D eigenvalue weighted by atomic mass is 10.5. The molecule has 0 aromatic heterocycles. The topological polar surface area (TPSA) is 78.5 Å². The van der Waals surface area contributed by atoms with Gasteiger partial charge in [-0.15, -0.1) is 0 Å². The van der Waals surface area contributed by atoms with Gasteiger partial charge in [-0.1, -0.05) is 0 Å². The number of nitrogens with zero attached hydrogens (tertiary/aromatic N) is 1. The smallest absolute Gasteiger partial charge is 0.317 e. The van der Waals surface area contributed by atoms with E-state index in [2.05, 4.69) is 10.6 Å². The Bertz CT molecular complexity index is 315. The molecule has 0 aromatic carbocycles. The maximum atomic E-state index is 11.1. The number of hydrogen-bond acceptors (Lipinski definition) is 4. The number of nitrogens with one attached hydrogen (secondary N) is 2. The zero-order valence-electron chi connectivity index (χ0n) is 8.82. The van der Waals surface area contributed by atoms with E-state index in [1.54, 1.807) is 4.90 Å². The van der Waals surface area contributed by atoms with E-state index in [4.69, 9.17) is 0 Å². The first-order valence-electron chi connectivity index (χ1n) is 4.90. The standard InChI is InChI=1S/C8H17N3O3S/c1-15(13,14)7-4-9-2-5-11-6-3-10-8(11)12/h9H,2-7H2,1H3,(H,10,12). The Morgan fingerprint density at radius 3 is 2.73 bits per heavy atom. The van der Waals surface area contributed by atoms with Crippen LogP contribution in [0.3, 0.4) is 0 Å². The van der Waals surface area contributed by atoms with Crippen molar-refractivity contribution in [3.8, 4) is 0 Å². The van der Waals surface area contributed by atoms with Crippen molar-refractivity contribution in [2.24, 2.45) is 0 Å². The van der Waals surface area contributed by atoms with Gasteiger partial charge in [-0.2, -0.15) is 0 Å². The van der Waals surface area contributed by atoms with Gasteiger partial charge in [0.05, 0.1) is 5.75 Å². The molecule has 1 rings (SSSR count). The second kappa shape index (κ2) is 5.32. The van der Waals surface area contributed by atoms with Crippen LogP contribution >= 0.6 is 0 Å². The molecule has 1 fully saturated rings. The molecule has 1 saturated heterocycles. The Morgan fingerprint density at radius 1 is 1.47 bits per heavy atom. The summed E-state index contributed by atoms with van der Waals surface area (Å²) in [4.78, 5) is 12.8. The van der Waals surface area contributed by atoms with Crippen LogP contribution in [0.5, 0.6) is 0 Å². The Morgan fingerprint density at radius 2 is 2.20 bits per heavy atom. The summed E-state index contributed by atoms with van der Waals surface area (Å²) >= 11 is 0. The third-order valence-electron chi connectivity index (χ3n) is 2.15. The van der Waals surface area contributed by atoms with Gasteiger partial charge in [0.25, 0.3) is 0 Å². The average Bonchev–Trinajstić information content (AvgIpc) is 2.49. The maximum absolute atomic E-state index is 11.1. The van der Waals surface area contributed by atoms with Gasteiger partial charge in [-0.3, -0.25) is 0 Å². The molecule has 0 bridgehead atoms. The van der Waals surface area contributed by atoms with Crippen molar-refractivity contribution in [1.82, 2.24) is 15.5 Å². The molecule has 0 aliphatic carbocycles. The highest BCUT2D eigenvalue weighted by Gasteiger charge is 2.17. The molecule has 6 nitrogen and oxygen atoms in total. The van der Waals surface area contributed by atoms with Crippen LogP contribution in [0, 0.1) is 0 Å². The number of sulfone groups is 1. The largest absolute Gasteiger partial charge is 0.336 e. The fraction of sp³-hybridized carbons (Fsp3) is 0.875. The first-order valence-corrected chi connectivity index (χ1v) is 6.96. The third kappa shape index (κ3) is 4.98. The minimum absolute atomic E-state index is 0.0417. The number of rotatable bonds is 6. The van der Waals surface area contributed by atoms with Gasteiger partial charge in [-0.05, 0) is 0 Å². The van der Waals surface area contributed by atoms with Gasteiger partial charge in [0.15, 0.2) is 0 Å². The molecule has 0 spiro atoms. The molecule has 88 valence electrons. The SMILES string of the molecule is CS(=O)(=O)CCNCCN1CCNC1=O. The summed E-state index contributed by atoms with van der Waals surface area (Å²) in [6, 6.07) is -0.0417. The van der Waals surface area contributed by atoms with Gasteiger partial charge in [0.2, 0.25) is 0 Å². The summed E-state index contributed by atoms with van der Waals surface area (Å²) in [5.41, 5.74) is 0. The summed E-state index contributed by atoms with van der Waals surface area (Å²) in [5, 5.41) is 5.69. The minimum atomic E-state index is -2.89. The molecule has 7 heteroatoms. The van der Waals surface area contributed by atoms with E-state index in [1.165, 1.54) is 6.26 Å². The van der Waals surface area contributed by atoms with Crippen molar-refractivity contribution in [2.45, 2.75) is 0 Å². The molecule has 1 aliphatic heterocycles. The number of amides is 2. The molecule has 0 aromatic rings.